The van der Waals surface area contributed by atoms with E-state index in [-0.39, 0.29) is 24.3 Å². The average molecular weight is 447 g/mol. The Morgan fingerprint density at radius 1 is 1.03 bits per heavy atom. The molecule has 2 aromatic rings. The summed E-state index contributed by atoms with van der Waals surface area (Å²) in [6.45, 7) is 4.19. The molecule has 0 spiro atoms. The lowest BCUT2D eigenvalue weighted by Gasteiger charge is -2.30. The minimum atomic E-state index is -0.567. The van der Waals surface area contributed by atoms with Gasteiger partial charge >= 0.3 is 0 Å². The molecule has 6 heteroatoms. The molecular weight excluding hydrogens is 419 g/mol. The van der Waals surface area contributed by atoms with Gasteiger partial charge in [0.2, 0.25) is 11.8 Å². The number of halogens is 2. The first-order chi connectivity index (χ1) is 14.3. The predicted molar refractivity (Wildman–Crippen MR) is 122 cm³/mol. The zero-order chi connectivity index (χ0) is 21.7. The second kappa shape index (κ2) is 10.3. The van der Waals surface area contributed by atoms with Crippen molar-refractivity contribution in [2.75, 3.05) is 0 Å². The fourth-order valence-electron chi connectivity index (χ4n) is 3.79. The summed E-state index contributed by atoms with van der Waals surface area (Å²) in [5.74, 6) is -0.223. The van der Waals surface area contributed by atoms with Gasteiger partial charge in [0.05, 0.1) is 16.5 Å². The van der Waals surface area contributed by atoms with E-state index in [1.165, 1.54) is 0 Å². The summed E-state index contributed by atoms with van der Waals surface area (Å²) in [6, 6.07) is 12.8. The summed E-state index contributed by atoms with van der Waals surface area (Å²) in [6.07, 6.45) is 4.45. The number of benzene rings is 2. The zero-order valence-corrected chi connectivity index (χ0v) is 19.0. The molecule has 0 bridgehead atoms. The lowest BCUT2D eigenvalue weighted by molar-refractivity contribution is -0.140. The molecule has 1 fully saturated rings. The summed E-state index contributed by atoms with van der Waals surface area (Å²) in [5.41, 5.74) is 2.91. The Kier molecular flexibility index (Phi) is 7.79. The molecule has 0 saturated heterocycles. The number of nitrogens with zero attached hydrogens (tertiary/aromatic N) is 1. The van der Waals surface area contributed by atoms with Crippen LogP contribution in [0.15, 0.2) is 42.5 Å². The molecule has 0 heterocycles. The molecular formula is C24H28Cl2N2O2. The Morgan fingerprint density at radius 3 is 2.30 bits per heavy atom. The summed E-state index contributed by atoms with van der Waals surface area (Å²) in [4.78, 5) is 27.8. The maximum absolute atomic E-state index is 13.2. The van der Waals surface area contributed by atoms with E-state index in [2.05, 4.69) is 5.32 Å². The molecule has 2 amide bonds. The van der Waals surface area contributed by atoms with E-state index in [1.54, 1.807) is 30.0 Å². The molecule has 1 aliphatic carbocycles. The number of aryl methyl sites for hydroxylation is 1. The Balaban J connectivity index is 1.77. The molecule has 0 aromatic heterocycles. The predicted octanol–water partition coefficient (Wildman–Crippen LogP) is 5.32. The number of amides is 2. The normalized spacial score (nSPS) is 15.1. The van der Waals surface area contributed by atoms with Crippen LogP contribution in [0.3, 0.4) is 0 Å². The quantitative estimate of drug-likeness (QED) is 0.625. The van der Waals surface area contributed by atoms with Crippen LogP contribution >= 0.6 is 23.2 Å². The van der Waals surface area contributed by atoms with Gasteiger partial charge in [0.15, 0.2) is 0 Å². The third-order valence-corrected chi connectivity index (χ3v) is 6.42. The number of carbonyl (C=O) groups is 2. The van der Waals surface area contributed by atoms with Crippen molar-refractivity contribution in [3.8, 4) is 0 Å². The summed E-state index contributed by atoms with van der Waals surface area (Å²) < 4.78 is 0. The molecule has 1 N–H and O–H groups in total. The fraction of sp³-hybridized carbons (Fsp3) is 0.417. The molecule has 1 saturated carbocycles. The highest BCUT2D eigenvalue weighted by Crippen LogP contribution is 2.24. The SMILES string of the molecule is Cc1ccc(CN(C(=O)Cc2ccc(Cl)c(Cl)c2)C(C)C(=O)NC2CCCC2)cc1. The summed E-state index contributed by atoms with van der Waals surface area (Å²) in [5, 5.41) is 3.99. The Labute approximate surface area is 188 Å². The molecule has 2 aromatic carbocycles. The minimum Gasteiger partial charge on any atom is -0.352 e. The van der Waals surface area contributed by atoms with E-state index in [0.29, 0.717) is 16.6 Å². The second-order valence-corrected chi connectivity index (χ2v) is 8.91. The highest BCUT2D eigenvalue weighted by Gasteiger charge is 2.28. The van der Waals surface area contributed by atoms with Crippen LogP contribution in [-0.4, -0.2) is 28.8 Å². The standard InChI is InChI=1S/C24H28Cl2N2O2/c1-16-7-9-18(10-8-16)15-28(17(2)24(30)27-20-5-3-4-6-20)23(29)14-19-11-12-21(25)22(26)13-19/h7-13,17,20H,3-6,14-15H2,1-2H3,(H,27,30). The molecule has 1 aliphatic rings. The van der Waals surface area contributed by atoms with E-state index >= 15 is 0 Å². The molecule has 30 heavy (non-hydrogen) atoms. The smallest absolute Gasteiger partial charge is 0.242 e. The van der Waals surface area contributed by atoms with Crippen LogP contribution in [0.2, 0.25) is 10.0 Å². The third kappa shape index (κ3) is 5.99. The Hall–Kier alpha value is -2.04. The first-order valence-corrected chi connectivity index (χ1v) is 11.2. The number of hydrogen-bond donors (Lipinski definition) is 1. The van der Waals surface area contributed by atoms with E-state index in [0.717, 1.165) is 42.4 Å². The third-order valence-electron chi connectivity index (χ3n) is 5.68. The van der Waals surface area contributed by atoms with Crippen molar-refractivity contribution in [2.45, 2.75) is 64.6 Å². The molecule has 3 rings (SSSR count). The van der Waals surface area contributed by atoms with Gasteiger partial charge in [0.1, 0.15) is 6.04 Å². The van der Waals surface area contributed by atoms with Gasteiger partial charge in [-0.25, -0.2) is 0 Å². The Morgan fingerprint density at radius 2 is 1.67 bits per heavy atom. The molecule has 1 atom stereocenters. The van der Waals surface area contributed by atoms with Gasteiger partial charge in [-0.3, -0.25) is 9.59 Å². The van der Waals surface area contributed by atoms with Crippen LogP contribution in [-0.2, 0) is 22.6 Å². The van der Waals surface area contributed by atoms with E-state index in [1.807, 2.05) is 31.2 Å². The first-order valence-electron chi connectivity index (χ1n) is 10.4. The van der Waals surface area contributed by atoms with Crippen molar-refractivity contribution in [1.82, 2.24) is 10.2 Å². The Bertz CT molecular complexity index is 893. The lowest BCUT2D eigenvalue weighted by Crippen LogP contribution is -2.50. The van der Waals surface area contributed by atoms with Crippen LogP contribution < -0.4 is 5.32 Å². The van der Waals surface area contributed by atoms with Crippen LogP contribution in [0.1, 0.15) is 49.3 Å². The first kappa shape index (κ1) is 22.6. The lowest BCUT2D eigenvalue weighted by atomic mass is 10.1. The van der Waals surface area contributed by atoms with Crippen molar-refractivity contribution < 1.29 is 9.59 Å². The van der Waals surface area contributed by atoms with Gasteiger partial charge in [0, 0.05) is 12.6 Å². The van der Waals surface area contributed by atoms with Crippen LogP contribution in [0.25, 0.3) is 0 Å². The van der Waals surface area contributed by atoms with Crippen molar-refractivity contribution in [2.24, 2.45) is 0 Å². The topological polar surface area (TPSA) is 49.4 Å². The zero-order valence-electron chi connectivity index (χ0n) is 17.5. The van der Waals surface area contributed by atoms with Crippen LogP contribution in [0.4, 0.5) is 0 Å². The average Bonchev–Trinajstić information content (AvgIpc) is 3.22. The monoisotopic (exact) mass is 446 g/mol. The minimum absolute atomic E-state index is 0.100. The highest BCUT2D eigenvalue weighted by molar-refractivity contribution is 6.42. The summed E-state index contributed by atoms with van der Waals surface area (Å²) >= 11 is 12.1. The highest BCUT2D eigenvalue weighted by atomic mass is 35.5. The van der Waals surface area contributed by atoms with Gasteiger partial charge in [-0.1, -0.05) is 71.9 Å². The molecule has 0 aliphatic heterocycles. The largest absolute Gasteiger partial charge is 0.352 e. The molecule has 4 nitrogen and oxygen atoms in total. The second-order valence-electron chi connectivity index (χ2n) is 8.10. The van der Waals surface area contributed by atoms with Gasteiger partial charge in [0.25, 0.3) is 0 Å². The van der Waals surface area contributed by atoms with E-state index < -0.39 is 6.04 Å². The van der Waals surface area contributed by atoms with Crippen molar-refractivity contribution in [3.05, 3.63) is 69.2 Å². The van der Waals surface area contributed by atoms with Gasteiger partial charge < -0.3 is 10.2 Å². The van der Waals surface area contributed by atoms with Gasteiger partial charge in [-0.05, 0) is 49.9 Å². The van der Waals surface area contributed by atoms with Crippen LogP contribution in [0, 0.1) is 6.92 Å². The number of nitrogens with one attached hydrogen (secondary N) is 1. The van der Waals surface area contributed by atoms with Crippen molar-refractivity contribution >= 4 is 35.0 Å². The maximum Gasteiger partial charge on any atom is 0.242 e. The van der Waals surface area contributed by atoms with Crippen LogP contribution in [0.5, 0.6) is 0 Å². The van der Waals surface area contributed by atoms with Gasteiger partial charge in [-0.15, -0.1) is 0 Å². The van der Waals surface area contributed by atoms with Crippen molar-refractivity contribution in [3.63, 3.8) is 0 Å². The molecule has 160 valence electrons. The number of carbonyl (C=O) groups excluding carboxylic acids is 2. The number of rotatable bonds is 7. The van der Waals surface area contributed by atoms with E-state index in [9.17, 15) is 9.59 Å². The summed E-state index contributed by atoms with van der Waals surface area (Å²) in [7, 11) is 0. The fourth-order valence-corrected chi connectivity index (χ4v) is 4.11. The molecule has 1 unspecified atom stereocenters. The van der Waals surface area contributed by atoms with Gasteiger partial charge in [-0.2, -0.15) is 0 Å². The van der Waals surface area contributed by atoms with E-state index in [4.69, 9.17) is 23.2 Å². The molecule has 0 radical (unpaired) electrons. The van der Waals surface area contributed by atoms with Crippen molar-refractivity contribution in [1.29, 1.82) is 0 Å². The number of hydrogen-bond acceptors (Lipinski definition) is 2. The maximum atomic E-state index is 13.2.